The molecule has 1 heterocycles. The van der Waals surface area contributed by atoms with Crippen molar-refractivity contribution in [2.24, 2.45) is 0 Å². The lowest BCUT2D eigenvalue weighted by Crippen LogP contribution is -1.95. The smallest absolute Gasteiger partial charge is 0.0443 e. The Hall–Kier alpha value is -0.110. The minimum absolute atomic E-state index is 0.694. The Morgan fingerprint density at radius 3 is 2.50 bits per heavy atom. The molecule has 0 bridgehead atoms. The van der Waals surface area contributed by atoms with Crippen LogP contribution in [0.25, 0.3) is 0 Å². The fraction of sp³-hybridized carbons (Fsp3) is 0.667. The summed E-state index contributed by atoms with van der Waals surface area (Å²) < 4.78 is 2.15. The minimum atomic E-state index is 0.694. The van der Waals surface area contributed by atoms with Crippen LogP contribution in [0, 0.1) is 0 Å². The molecule has 2 heteroatoms. The highest BCUT2D eigenvalue weighted by Crippen LogP contribution is 2.28. The lowest BCUT2D eigenvalue weighted by molar-refractivity contribution is 0.784. The minimum Gasteiger partial charge on any atom is -0.326 e. The highest BCUT2D eigenvalue weighted by atomic mass is 32.2. The van der Waals surface area contributed by atoms with Crippen LogP contribution in [-0.2, 0) is 0 Å². The van der Waals surface area contributed by atoms with E-state index in [1.165, 1.54) is 5.57 Å². The van der Waals surface area contributed by atoms with Crippen molar-refractivity contribution in [2.45, 2.75) is 19.1 Å². The van der Waals surface area contributed by atoms with Gasteiger partial charge < -0.3 is 4.31 Å². The van der Waals surface area contributed by atoms with E-state index in [0.29, 0.717) is 5.25 Å². The van der Waals surface area contributed by atoms with Gasteiger partial charge >= 0.3 is 0 Å². The highest BCUT2D eigenvalue weighted by Gasteiger charge is 2.13. The highest BCUT2D eigenvalue weighted by molar-refractivity contribution is 7.98. The molecule has 0 saturated heterocycles. The lowest BCUT2D eigenvalue weighted by atomic mass is 10.2. The second-order valence-electron chi connectivity index (χ2n) is 2.17. The zero-order valence-electron chi connectivity index (χ0n) is 5.51. The van der Waals surface area contributed by atoms with Crippen LogP contribution < -0.4 is 0 Å². The normalized spacial score (nSPS) is 28.6. The SMILES string of the molecule is CC1=CN(C)SC1C. The average molecular weight is 129 g/mol. The first-order valence-electron chi connectivity index (χ1n) is 2.78. The molecule has 0 radical (unpaired) electrons. The van der Waals surface area contributed by atoms with E-state index in [9.17, 15) is 0 Å². The summed E-state index contributed by atoms with van der Waals surface area (Å²) in [7, 11) is 2.08. The third kappa shape index (κ3) is 0.996. The molecule has 0 aliphatic carbocycles. The van der Waals surface area contributed by atoms with Gasteiger partial charge in [-0.3, -0.25) is 0 Å². The van der Waals surface area contributed by atoms with E-state index in [-0.39, 0.29) is 0 Å². The van der Waals surface area contributed by atoms with Gasteiger partial charge in [-0.1, -0.05) is 0 Å². The Kier molecular flexibility index (Phi) is 1.52. The van der Waals surface area contributed by atoms with Crippen LogP contribution in [0.2, 0.25) is 0 Å². The summed E-state index contributed by atoms with van der Waals surface area (Å²) in [4.78, 5) is 0. The first-order chi connectivity index (χ1) is 3.70. The van der Waals surface area contributed by atoms with Crippen LogP contribution in [0.15, 0.2) is 11.8 Å². The monoisotopic (exact) mass is 129 g/mol. The first-order valence-corrected chi connectivity index (χ1v) is 3.61. The molecule has 0 fully saturated rings. The fourth-order valence-electron chi connectivity index (χ4n) is 0.755. The van der Waals surface area contributed by atoms with Crippen molar-refractivity contribution < 1.29 is 0 Å². The van der Waals surface area contributed by atoms with Gasteiger partial charge in [0.15, 0.2) is 0 Å². The van der Waals surface area contributed by atoms with Crippen LogP contribution in [0.4, 0.5) is 0 Å². The molecule has 1 aliphatic heterocycles. The molecule has 8 heavy (non-hydrogen) atoms. The zero-order valence-corrected chi connectivity index (χ0v) is 6.33. The Morgan fingerprint density at radius 1 is 1.75 bits per heavy atom. The summed E-state index contributed by atoms with van der Waals surface area (Å²) in [6, 6.07) is 0. The summed E-state index contributed by atoms with van der Waals surface area (Å²) >= 11 is 1.87. The largest absolute Gasteiger partial charge is 0.326 e. The lowest BCUT2D eigenvalue weighted by Gasteiger charge is -2.05. The van der Waals surface area contributed by atoms with Gasteiger partial charge in [-0.2, -0.15) is 0 Å². The summed E-state index contributed by atoms with van der Waals surface area (Å²) in [5.74, 6) is 0. The predicted octanol–water partition coefficient (Wildman–Crippen LogP) is 1.87. The third-order valence-electron chi connectivity index (χ3n) is 1.35. The van der Waals surface area contributed by atoms with Gasteiger partial charge in [-0.15, -0.1) is 0 Å². The van der Waals surface area contributed by atoms with Gasteiger partial charge in [0.05, 0.1) is 0 Å². The quantitative estimate of drug-likeness (QED) is 0.459. The van der Waals surface area contributed by atoms with E-state index in [1.54, 1.807) is 0 Å². The number of nitrogens with zero attached hydrogens (tertiary/aromatic N) is 1. The van der Waals surface area contributed by atoms with Gasteiger partial charge in [0.25, 0.3) is 0 Å². The second kappa shape index (κ2) is 2.02. The molecule has 1 nitrogen and oxygen atoms in total. The van der Waals surface area contributed by atoms with Crippen molar-refractivity contribution in [1.82, 2.24) is 4.31 Å². The Labute approximate surface area is 54.9 Å². The molecule has 1 atom stereocenters. The van der Waals surface area contributed by atoms with Crippen LogP contribution in [0.5, 0.6) is 0 Å². The molecule has 1 unspecified atom stereocenters. The molecule has 0 amide bonds. The maximum atomic E-state index is 2.22. The van der Waals surface area contributed by atoms with Crippen molar-refractivity contribution in [2.75, 3.05) is 7.05 Å². The predicted molar refractivity (Wildman–Crippen MR) is 38.6 cm³/mol. The molecular weight excluding hydrogens is 118 g/mol. The zero-order chi connectivity index (χ0) is 6.15. The van der Waals surface area contributed by atoms with E-state index in [1.807, 2.05) is 11.9 Å². The Balaban J connectivity index is 2.59. The molecule has 0 aromatic rings. The molecular formula is C6H11NS. The summed E-state index contributed by atoms with van der Waals surface area (Å²) in [5, 5.41) is 0.694. The van der Waals surface area contributed by atoms with Gasteiger partial charge in [-0.05, 0) is 31.4 Å². The maximum absolute atomic E-state index is 2.22. The summed E-state index contributed by atoms with van der Waals surface area (Å²) in [5.41, 5.74) is 1.47. The average Bonchev–Trinajstić information content (AvgIpc) is 1.85. The molecule has 0 N–H and O–H groups in total. The van der Waals surface area contributed by atoms with Crippen molar-refractivity contribution in [3.8, 4) is 0 Å². The second-order valence-corrected chi connectivity index (χ2v) is 3.66. The van der Waals surface area contributed by atoms with E-state index in [0.717, 1.165) is 0 Å². The van der Waals surface area contributed by atoms with E-state index in [2.05, 4.69) is 31.4 Å². The van der Waals surface area contributed by atoms with Crippen molar-refractivity contribution in [3.63, 3.8) is 0 Å². The van der Waals surface area contributed by atoms with Gasteiger partial charge in [0.2, 0.25) is 0 Å². The summed E-state index contributed by atoms with van der Waals surface area (Å²) in [6.45, 7) is 4.39. The molecule has 1 rings (SSSR count). The third-order valence-corrected chi connectivity index (χ3v) is 2.48. The Bertz CT molecular complexity index is 120. The molecule has 0 saturated carbocycles. The van der Waals surface area contributed by atoms with Crippen LogP contribution in [0.1, 0.15) is 13.8 Å². The van der Waals surface area contributed by atoms with E-state index < -0.39 is 0 Å². The van der Waals surface area contributed by atoms with Gasteiger partial charge in [0.1, 0.15) is 0 Å². The number of hydrogen-bond donors (Lipinski definition) is 0. The molecule has 1 aliphatic rings. The number of rotatable bonds is 0. The molecule has 0 spiro atoms. The van der Waals surface area contributed by atoms with Gasteiger partial charge in [-0.25, -0.2) is 0 Å². The molecule has 0 aromatic carbocycles. The van der Waals surface area contributed by atoms with Crippen molar-refractivity contribution in [1.29, 1.82) is 0 Å². The van der Waals surface area contributed by atoms with Gasteiger partial charge in [0, 0.05) is 18.5 Å². The molecule has 0 aromatic heterocycles. The van der Waals surface area contributed by atoms with Crippen LogP contribution in [-0.4, -0.2) is 16.6 Å². The fourth-order valence-corrected chi connectivity index (χ4v) is 1.71. The Morgan fingerprint density at radius 2 is 2.38 bits per heavy atom. The van der Waals surface area contributed by atoms with E-state index in [4.69, 9.17) is 0 Å². The standard InChI is InChI=1S/C6H11NS/c1-5-4-7(3)8-6(5)2/h4,6H,1-3H3. The molecule has 46 valence electrons. The van der Waals surface area contributed by atoms with Crippen LogP contribution in [0.3, 0.4) is 0 Å². The summed E-state index contributed by atoms with van der Waals surface area (Å²) in [6.07, 6.45) is 2.18. The maximum Gasteiger partial charge on any atom is 0.0443 e. The van der Waals surface area contributed by atoms with Crippen molar-refractivity contribution >= 4 is 11.9 Å². The number of hydrogen-bond acceptors (Lipinski definition) is 2. The van der Waals surface area contributed by atoms with Crippen molar-refractivity contribution in [3.05, 3.63) is 11.8 Å². The topological polar surface area (TPSA) is 3.24 Å². The van der Waals surface area contributed by atoms with Crippen LogP contribution >= 0.6 is 11.9 Å². The van der Waals surface area contributed by atoms with E-state index >= 15 is 0 Å². The first kappa shape index (κ1) is 6.02.